The highest BCUT2D eigenvalue weighted by Gasteiger charge is 2.29. The van der Waals surface area contributed by atoms with E-state index in [1.54, 1.807) is 6.20 Å². The number of fused-ring (bicyclic) bond motifs is 1. The maximum Gasteiger partial charge on any atom is 0.243 e. The van der Waals surface area contributed by atoms with Crippen LogP contribution in [0.3, 0.4) is 0 Å². The molecule has 1 aromatic heterocycles. The molecule has 0 atom stereocenters. The normalized spacial score (nSPS) is 15.5. The average Bonchev–Trinajstić information content (AvgIpc) is 2.49. The Hall–Kier alpha value is -1.77. The summed E-state index contributed by atoms with van der Waals surface area (Å²) in [7, 11) is -3.78. The number of hydrogen-bond donors (Lipinski definition) is 1. The van der Waals surface area contributed by atoms with Gasteiger partial charge in [-0.15, -0.1) is 0 Å². The molecular formula is C13H12ClFN4O2S. The van der Waals surface area contributed by atoms with Gasteiger partial charge < -0.3 is 5.73 Å². The Morgan fingerprint density at radius 3 is 2.86 bits per heavy atom. The second-order valence-electron chi connectivity index (χ2n) is 4.86. The van der Waals surface area contributed by atoms with Crippen molar-refractivity contribution in [3.63, 3.8) is 0 Å². The minimum atomic E-state index is -3.78. The highest BCUT2D eigenvalue weighted by Crippen LogP contribution is 2.26. The molecule has 0 radical (unpaired) electrons. The minimum Gasteiger partial charge on any atom is -0.368 e. The Bertz CT molecular complexity index is 844. The Morgan fingerprint density at radius 1 is 1.36 bits per heavy atom. The molecule has 1 aliphatic heterocycles. The van der Waals surface area contributed by atoms with E-state index in [0.29, 0.717) is 12.1 Å². The Balaban J connectivity index is 1.95. The zero-order chi connectivity index (χ0) is 15.9. The summed E-state index contributed by atoms with van der Waals surface area (Å²) in [5, 5.41) is -0.231. The monoisotopic (exact) mass is 342 g/mol. The Kier molecular flexibility index (Phi) is 3.75. The number of nitrogens with zero attached hydrogens (tertiary/aromatic N) is 3. The molecule has 0 unspecified atom stereocenters. The zero-order valence-electron chi connectivity index (χ0n) is 11.3. The van der Waals surface area contributed by atoms with Gasteiger partial charge in [0.1, 0.15) is 5.82 Å². The molecule has 0 saturated heterocycles. The first-order valence-corrected chi connectivity index (χ1v) is 8.25. The minimum absolute atomic E-state index is 0.0515. The molecule has 1 aliphatic rings. The van der Waals surface area contributed by atoms with Crippen LogP contribution in [0.25, 0.3) is 0 Å². The number of benzene rings is 1. The van der Waals surface area contributed by atoms with Crippen LogP contribution in [0.5, 0.6) is 0 Å². The van der Waals surface area contributed by atoms with E-state index in [1.165, 1.54) is 10.4 Å². The lowest BCUT2D eigenvalue weighted by Gasteiger charge is -2.27. The second kappa shape index (κ2) is 5.45. The van der Waals surface area contributed by atoms with E-state index >= 15 is 0 Å². The second-order valence-corrected chi connectivity index (χ2v) is 7.21. The van der Waals surface area contributed by atoms with Crippen LogP contribution >= 0.6 is 11.6 Å². The van der Waals surface area contributed by atoms with E-state index in [2.05, 4.69) is 9.97 Å². The van der Waals surface area contributed by atoms with E-state index < -0.39 is 15.8 Å². The van der Waals surface area contributed by atoms with Crippen molar-refractivity contribution in [3.8, 4) is 0 Å². The van der Waals surface area contributed by atoms with Gasteiger partial charge in [0.15, 0.2) is 0 Å². The molecule has 22 heavy (non-hydrogen) atoms. The summed E-state index contributed by atoms with van der Waals surface area (Å²) in [4.78, 5) is 7.92. The van der Waals surface area contributed by atoms with E-state index in [4.69, 9.17) is 17.3 Å². The van der Waals surface area contributed by atoms with Crippen LogP contribution in [0.1, 0.15) is 11.3 Å². The molecule has 0 spiro atoms. The third-order valence-electron chi connectivity index (χ3n) is 3.46. The van der Waals surface area contributed by atoms with Gasteiger partial charge in [-0.3, -0.25) is 0 Å². The summed E-state index contributed by atoms with van der Waals surface area (Å²) >= 11 is 5.67. The Morgan fingerprint density at radius 2 is 2.14 bits per heavy atom. The van der Waals surface area contributed by atoms with E-state index in [1.807, 2.05) is 0 Å². The summed E-state index contributed by atoms with van der Waals surface area (Å²) in [6.07, 6.45) is 2.10. The molecule has 116 valence electrons. The third-order valence-corrected chi connectivity index (χ3v) is 5.59. The summed E-state index contributed by atoms with van der Waals surface area (Å²) in [6.45, 7) is 0.386. The third kappa shape index (κ3) is 2.65. The lowest BCUT2D eigenvalue weighted by atomic mass is 10.1. The van der Waals surface area contributed by atoms with Crippen molar-refractivity contribution in [1.82, 2.24) is 14.3 Å². The Labute approximate surface area is 131 Å². The maximum atomic E-state index is 13.2. The largest absolute Gasteiger partial charge is 0.368 e. The van der Waals surface area contributed by atoms with Crippen molar-refractivity contribution in [2.24, 2.45) is 0 Å². The summed E-state index contributed by atoms with van der Waals surface area (Å²) < 4.78 is 39.7. The van der Waals surface area contributed by atoms with Crippen molar-refractivity contribution >= 4 is 27.6 Å². The number of aromatic nitrogens is 2. The fourth-order valence-electron chi connectivity index (χ4n) is 2.29. The number of anilines is 1. The van der Waals surface area contributed by atoms with Gasteiger partial charge >= 0.3 is 0 Å². The fraction of sp³-hybridized carbons (Fsp3) is 0.231. The number of halogens is 2. The zero-order valence-corrected chi connectivity index (χ0v) is 12.9. The van der Waals surface area contributed by atoms with Crippen molar-refractivity contribution in [1.29, 1.82) is 0 Å². The van der Waals surface area contributed by atoms with Gasteiger partial charge in [-0.1, -0.05) is 11.6 Å². The summed E-state index contributed by atoms with van der Waals surface area (Å²) in [5.74, 6) is -0.562. The molecule has 2 aromatic rings. The highest BCUT2D eigenvalue weighted by molar-refractivity contribution is 7.89. The van der Waals surface area contributed by atoms with Crippen LogP contribution < -0.4 is 5.73 Å². The first kappa shape index (κ1) is 15.1. The number of nitrogens with two attached hydrogens (primary N) is 1. The number of sulfonamides is 1. The molecule has 0 bridgehead atoms. The smallest absolute Gasteiger partial charge is 0.243 e. The van der Waals surface area contributed by atoms with E-state index in [9.17, 15) is 12.8 Å². The fourth-order valence-corrected chi connectivity index (χ4v) is 3.96. The molecule has 0 amide bonds. The standard InChI is InChI=1S/C13H12ClFN4O2S/c14-10-5-9(1-2-11(10)15)22(20,21)19-4-3-8-6-17-13(16)18-12(8)7-19/h1-2,5-6H,3-4,7H2,(H2,16,17,18). The van der Waals surface area contributed by atoms with Crippen LogP contribution in [0.15, 0.2) is 29.3 Å². The van der Waals surface area contributed by atoms with Gasteiger partial charge in [-0.2, -0.15) is 4.31 Å². The summed E-state index contributed by atoms with van der Waals surface area (Å²) in [5.41, 5.74) is 6.99. The number of nitrogen functional groups attached to an aromatic ring is 1. The average molecular weight is 343 g/mol. The van der Waals surface area contributed by atoms with Gasteiger partial charge in [0.2, 0.25) is 16.0 Å². The molecule has 3 rings (SSSR count). The quantitative estimate of drug-likeness (QED) is 0.895. The van der Waals surface area contributed by atoms with Crippen LogP contribution in [-0.2, 0) is 23.0 Å². The molecule has 9 heteroatoms. The molecule has 2 N–H and O–H groups in total. The first-order chi connectivity index (χ1) is 10.4. The van der Waals surface area contributed by atoms with Gasteiger partial charge in [0.05, 0.1) is 22.2 Å². The van der Waals surface area contributed by atoms with Crippen molar-refractivity contribution in [2.45, 2.75) is 17.9 Å². The van der Waals surface area contributed by atoms with Crippen molar-refractivity contribution in [3.05, 3.63) is 46.5 Å². The predicted octanol–water partition coefficient (Wildman–Crippen LogP) is 1.60. The van der Waals surface area contributed by atoms with E-state index in [-0.39, 0.29) is 29.0 Å². The highest BCUT2D eigenvalue weighted by atomic mass is 35.5. The van der Waals surface area contributed by atoms with Crippen LogP contribution in [0.4, 0.5) is 10.3 Å². The number of hydrogen-bond acceptors (Lipinski definition) is 5. The lowest BCUT2D eigenvalue weighted by Crippen LogP contribution is -2.36. The van der Waals surface area contributed by atoms with Gasteiger partial charge in [0, 0.05) is 12.7 Å². The van der Waals surface area contributed by atoms with Crippen LogP contribution in [-0.4, -0.2) is 29.2 Å². The summed E-state index contributed by atoms with van der Waals surface area (Å²) in [6, 6.07) is 3.34. The molecule has 6 nitrogen and oxygen atoms in total. The molecular weight excluding hydrogens is 331 g/mol. The van der Waals surface area contributed by atoms with Crippen LogP contribution in [0.2, 0.25) is 5.02 Å². The maximum absolute atomic E-state index is 13.2. The molecule has 0 fully saturated rings. The predicted molar refractivity (Wildman–Crippen MR) is 79.2 cm³/mol. The molecule has 2 heterocycles. The first-order valence-electron chi connectivity index (χ1n) is 6.43. The van der Waals surface area contributed by atoms with Gasteiger partial charge in [-0.05, 0) is 30.2 Å². The van der Waals surface area contributed by atoms with Gasteiger partial charge in [0.25, 0.3) is 0 Å². The lowest BCUT2D eigenvalue weighted by molar-refractivity contribution is 0.385. The van der Waals surface area contributed by atoms with Crippen molar-refractivity contribution in [2.75, 3.05) is 12.3 Å². The van der Waals surface area contributed by atoms with Crippen LogP contribution in [0, 0.1) is 5.82 Å². The topological polar surface area (TPSA) is 89.2 Å². The molecule has 0 aliphatic carbocycles. The molecule has 1 aromatic carbocycles. The van der Waals surface area contributed by atoms with Gasteiger partial charge in [-0.25, -0.2) is 22.8 Å². The molecule has 0 saturated carbocycles. The SMILES string of the molecule is Nc1ncc2c(n1)CN(S(=O)(=O)c1ccc(F)c(Cl)c1)CC2. The van der Waals surface area contributed by atoms with Crippen molar-refractivity contribution < 1.29 is 12.8 Å². The van der Waals surface area contributed by atoms with E-state index in [0.717, 1.165) is 17.7 Å². The number of rotatable bonds is 2.